The summed E-state index contributed by atoms with van der Waals surface area (Å²) in [6.07, 6.45) is 2.46. The second kappa shape index (κ2) is 6.58. The molecular formula is C13H17ClN4O2. The van der Waals surface area contributed by atoms with Gasteiger partial charge in [0, 0.05) is 23.7 Å². The van der Waals surface area contributed by atoms with Crippen LogP contribution in [0.3, 0.4) is 0 Å². The van der Waals surface area contributed by atoms with Crippen LogP contribution in [0.4, 0.5) is 0 Å². The molecule has 2 rings (SSSR count). The number of methoxy groups -OCH3 is 1. The van der Waals surface area contributed by atoms with E-state index in [1.165, 1.54) is 0 Å². The number of nitrogens with zero attached hydrogens (tertiary/aromatic N) is 3. The first-order valence-electron chi connectivity index (χ1n) is 6.18. The monoisotopic (exact) mass is 296 g/mol. The first-order valence-corrected chi connectivity index (χ1v) is 6.56. The number of hydrogen-bond donors (Lipinski definition) is 1. The number of ether oxygens (including phenoxy) is 2. The van der Waals surface area contributed by atoms with Gasteiger partial charge in [-0.2, -0.15) is 0 Å². The summed E-state index contributed by atoms with van der Waals surface area (Å²) in [6.45, 7) is 0.814. The van der Waals surface area contributed by atoms with Gasteiger partial charge in [-0.3, -0.25) is 4.68 Å². The Balaban J connectivity index is 2.23. The SMILES string of the molecule is COc1cc(Cl)cc(CCN)c1OCc1cn(C)nn1. The average molecular weight is 297 g/mol. The molecule has 2 aromatic rings. The molecular weight excluding hydrogens is 280 g/mol. The van der Waals surface area contributed by atoms with Gasteiger partial charge < -0.3 is 15.2 Å². The number of aromatic nitrogens is 3. The van der Waals surface area contributed by atoms with Gasteiger partial charge in [-0.05, 0) is 19.0 Å². The van der Waals surface area contributed by atoms with E-state index in [4.69, 9.17) is 26.8 Å². The molecule has 0 bridgehead atoms. The quantitative estimate of drug-likeness (QED) is 0.875. The maximum absolute atomic E-state index is 6.05. The van der Waals surface area contributed by atoms with Crippen molar-refractivity contribution in [3.05, 3.63) is 34.6 Å². The van der Waals surface area contributed by atoms with Gasteiger partial charge >= 0.3 is 0 Å². The van der Waals surface area contributed by atoms with Crippen LogP contribution in [-0.2, 0) is 20.1 Å². The smallest absolute Gasteiger partial charge is 0.165 e. The van der Waals surface area contributed by atoms with Crippen LogP contribution in [0, 0.1) is 0 Å². The topological polar surface area (TPSA) is 75.2 Å². The fraction of sp³-hybridized carbons (Fsp3) is 0.385. The summed E-state index contributed by atoms with van der Waals surface area (Å²) in [5.74, 6) is 1.23. The molecule has 1 aromatic carbocycles. The van der Waals surface area contributed by atoms with Crippen molar-refractivity contribution in [3.63, 3.8) is 0 Å². The van der Waals surface area contributed by atoms with Gasteiger partial charge in [0.1, 0.15) is 12.3 Å². The molecule has 0 unspecified atom stereocenters. The minimum atomic E-state index is 0.309. The third-order valence-corrected chi connectivity index (χ3v) is 2.96. The molecule has 0 radical (unpaired) electrons. The maximum Gasteiger partial charge on any atom is 0.165 e. The van der Waals surface area contributed by atoms with Gasteiger partial charge in [-0.15, -0.1) is 5.10 Å². The molecule has 1 aromatic heterocycles. The van der Waals surface area contributed by atoms with Crippen molar-refractivity contribution in [2.75, 3.05) is 13.7 Å². The van der Waals surface area contributed by atoms with Gasteiger partial charge in [0.05, 0.1) is 13.3 Å². The lowest BCUT2D eigenvalue weighted by Gasteiger charge is -2.14. The normalized spacial score (nSPS) is 10.6. The van der Waals surface area contributed by atoms with Gasteiger partial charge in [-0.1, -0.05) is 16.8 Å². The lowest BCUT2D eigenvalue weighted by atomic mass is 10.1. The molecule has 0 saturated heterocycles. The van der Waals surface area contributed by atoms with Gasteiger partial charge in [-0.25, -0.2) is 0 Å². The van der Waals surface area contributed by atoms with E-state index in [1.54, 1.807) is 31.1 Å². The van der Waals surface area contributed by atoms with E-state index >= 15 is 0 Å². The molecule has 6 nitrogen and oxygen atoms in total. The van der Waals surface area contributed by atoms with Gasteiger partial charge in [0.15, 0.2) is 11.5 Å². The van der Waals surface area contributed by atoms with E-state index in [1.807, 2.05) is 6.07 Å². The molecule has 0 spiro atoms. The summed E-state index contributed by atoms with van der Waals surface area (Å²) >= 11 is 6.05. The van der Waals surface area contributed by atoms with Crippen LogP contribution in [0.25, 0.3) is 0 Å². The van der Waals surface area contributed by atoms with E-state index in [9.17, 15) is 0 Å². The Hall–Kier alpha value is -1.79. The Morgan fingerprint density at radius 2 is 2.20 bits per heavy atom. The molecule has 2 N–H and O–H groups in total. The third-order valence-electron chi connectivity index (χ3n) is 2.74. The van der Waals surface area contributed by atoms with Crippen LogP contribution in [0.2, 0.25) is 5.02 Å². The standard InChI is InChI=1S/C13H17ClN4O2/c1-18-7-11(16-17-18)8-20-13-9(3-4-15)5-10(14)6-12(13)19-2/h5-7H,3-4,8,15H2,1-2H3. The molecule has 20 heavy (non-hydrogen) atoms. The largest absolute Gasteiger partial charge is 0.493 e. The molecule has 0 fully saturated rings. The number of benzene rings is 1. The molecule has 0 aliphatic carbocycles. The molecule has 7 heteroatoms. The average Bonchev–Trinajstić information content (AvgIpc) is 2.83. The molecule has 0 amide bonds. The molecule has 0 atom stereocenters. The highest BCUT2D eigenvalue weighted by Gasteiger charge is 2.13. The summed E-state index contributed by atoms with van der Waals surface area (Å²) in [5, 5.41) is 8.43. The van der Waals surface area contributed by atoms with Crippen LogP contribution in [0.1, 0.15) is 11.3 Å². The van der Waals surface area contributed by atoms with E-state index in [0.717, 1.165) is 11.3 Å². The third kappa shape index (κ3) is 3.40. The number of nitrogens with two attached hydrogens (primary N) is 1. The highest BCUT2D eigenvalue weighted by molar-refractivity contribution is 6.30. The lowest BCUT2D eigenvalue weighted by Crippen LogP contribution is -2.07. The highest BCUT2D eigenvalue weighted by atomic mass is 35.5. The minimum absolute atomic E-state index is 0.309. The summed E-state index contributed by atoms with van der Waals surface area (Å²) in [7, 11) is 3.38. The zero-order chi connectivity index (χ0) is 14.5. The Morgan fingerprint density at radius 1 is 1.40 bits per heavy atom. The van der Waals surface area contributed by atoms with Crippen LogP contribution in [-0.4, -0.2) is 28.6 Å². The van der Waals surface area contributed by atoms with E-state index < -0.39 is 0 Å². The fourth-order valence-corrected chi connectivity index (χ4v) is 2.12. The van der Waals surface area contributed by atoms with E-state index in [0.29, 0.717) is 36.1 Å². The summed E-state index contributed by atoms with van der Waals surface area (Å²) in [5.41, 5.74) is 7.27. The highest BCUT2D eigenvalue weighted by Crippen LogP contribution is 2.35. The molecule has 0 aliphatic heterocycles. The summed E-state index contributed by atoms with van der Waals surface area (Å²) in [6, 6.07) is 3.55. The van der Waals surface area contributed by atoms with Crippen LogP contribution in [0.15, 0.2) is 18.3 Å². The van der Waals surface area contributed by atoms with Crippen molar-refractivity contribution in [2.45, 2.75) is 13.0 Å². The number of rotatable bonds is 6. The van der Waals surface area contributed by atoms with E-state index in [2.05, 4.69) is 10.3 Å². The van der Waals surface area contributed by atoms with Crippen molar-refractivity contribution in [3.8, 4) is 11.5 Å². The predicted octanol–water partition coefficient (Wildman–Crippen LogP) is 1.56. The van der Waals surface area contributed by atoms with Crippen molar-refractivity contribution in [1.82, 2.24) is 15.0 Å². The second-order valence-corrected chi connectivity index (χ2v) is 4.74. The minimum Gasteiger partial charge on any atom is -0.493 e. The van der Waals surface area contributed by atoms with Crippen molar-refractivity contribution in [2.24, 2.45) is 12.8 Å². The van der Waals surface area contributed by atoms with Gasteiger partial charge in [0.25, 0.3) is 0 Å². The van der Waals surface area contributed by atoms with Crippen molar-refractivity contribution < 1.29 is 9.47 Å². The number of aryl methyl sites for hydroxylation is 1. The Morgan fingerprint density at radius 3 is 2.80 bits per heavy atom. The zero-order valence-corrected chi connectivity index (χ0v) is 12.2. The van der Waals surface area contributed by atoms with Gasteiger partial charge in [0.2, 0.25) is 0 Å². The molecule has 108 valence electrons. The van der Waals surface area contributed by atoms with Crippen LogP contribution >= 0.6 is 11.6 Å². The zero-order valence-electron chi connectivity index (χ0n) is 11.5. The Bertz CT molecular complexity index is 586. The molecule has 1 heterocycles. The van der Waals surface area contributed by atoms with Crippen LogP contribution < -0.4 is 15.2 Å². The molecule has 0 saturated carbocycles. The first-order chi connectivity index (χ1) is 9.63. The summed E-state index contributed by atoms with van der Waals surface area (Å²) < 4.78 is 12.7. The Kier molecular flexibility index (Phi) is 4.81. The Labute approximate surface area is 122 Å². The number of hydrogen-bond acceptors (Lipinski definition) is 5. The number of halogens is 1. The maximum atomic E-state index is 6.05. The lowest BCUT2D eigenvalue weighted by molar-refractivity contribution is 0.277. The van der Waals surface area contributed by atoms with Crippen molar-refractivity contribution in [1.29, 1.82) is 0 Å². The van der Waals surface area contributed by atoms with Crippen LogP contribution in [0.5, 0.6) is 11.5 Å². The van der Waals surface area contributed by atoms with Crippen molar-refractivity contribution >= 4 is 11.6 Å². The predicted molar refractivity (Wildman–Crippen MR) is 76.1 cm³/mol. The van der Waals surface area contributed by atoms with E-state index in [-0.39, 0.29) is 0 Å². The first kappa shape index (κ1) is 14.6. The summed E-state index contributed by atoms with van der Waals surface area (Å²) in [4.78, 5) is 0. The molecule has 0 aliphatic rings. The fourth-order valence-electron chi connectivity index (χ4n) is 1.89. The second-order valence-electron chi connectivity index (χ2n) is 4.31.